The van der Waals surface area contributed by atoms with Gasteiger partial charge in [0.2, 0.25) is 5.91 Å². The van der Waals surface area contributed by atoms with Crippen molar-refractivity contribution in [3.63, 3.8) is 0 Å². The molecule has 132 valence electrons. The number of methoxy groups -OCH3 is 1. The van der Waals surface area contributed by atoms with Crippen LogP contribution in [0.5, 0.6) is 5.75 Å². The van der Waals surface area contributed by atoms with E-state index >= 15 is 0 Å². The first-order valence-corrected chi connectivity index (χ1v) is 8.57. The second-order valence-corrected chi connectivity index (χ2v) is 6.16. The van der Waals surface area contributed by atoms with E-state index in [1.807, 2.05) is 29.2 Å². The number of nitrogens with zero attached hydrogens (tertiary/aromatic N) is 2. The smallest absolute Gasteiger partial charge is 0.223 e. The highest BCUT2D eigenvalue weighted by molar-refractivity contribution is 5.76. The van der Waals surface area contributed by atoms with Crippen LogP contribution in [-0.4, -0.2) is 44.1 Å². The van der Waals surface area contributed by atoms with Gasteiger partial charge in [-0.15, -0.1) is 0 Å². The van der Waals surface area contributed by atoms with E-state index in [2.05, 4.69) is 4.90 Å². The molecule has 3 rings (SSSR count). The zero-order valence-corrected chi connectivity index (χ0v) is 14.5. The number of halogens is 1. The first-order chi connectivity index (χ1) is 12.2. The summed E-state index contributed by atoms with van der Waals surface area (Å²) in [6, 6.07) is 14.6. The second-order valence-electron chi connectivity index (χ2n) is 6.16. The molecule has 1 heterocycles. The van der Waals surface area contributed by atoms with Crippen LogP contribution in [0.25, 0.3) is 0 Å². The van der Waals surface area contributed by atoms with Crippen LogP contribution in [0.1, 0.15) is 12.0 Å². The summed E-state index contributed by atoms with van der Waals surface area (Å²) in [6.07, 6.45) is 0.799. The van der Waals surface area contributed by atoms with Crippen LogP contribution in [0.15, 0.2) is 48.5 Å². The largest absolute Gasteiger partial charge is 0.497 e. The molecule has 0 unspecified atom stereocenters. The van der Waals surface area contributed by atoms with Gasteiger partial charge in [-0.25, -0.2) is 4.39 Å². The minimum Gasteiger partial charge on any atom is -0.497 e. The Morgan fingerprint density at radius 1 is 1.04 bits per heavy atom. The summed E-state index contributed by atoms with van der Waals surface area (Å²) in [5, 5.41) is 0. The maximum absolute atomic E-state index is 13.6. The molecule has 0 atom stereocenters. The Kier molecular flexibility index (Phi) is 5.53. The van der Waals surface area contributed by atoms with E-state index in [0.29, 0.717) is 31.5 Å². The monoisotopic (exact) mass is 342 g/mol. The third-order valence-corrected chi connectivity index (χ3v) is 4.64. The Labute approximate surface area is 147 Å². The van der Waals surface area contributed by atoms with Crippen LogP contribution in [0, 0.1) is 5.82 Å². The summed E-state index contributed by atoms with van der Waals surface area (Å²) in [5.41, 5.74) is 1.74. The van der Waals surface area contributed by atoms with Crippen LogP contribution in [0.4, 0.5) is 10.1 Å². The maximum atomic E-state index is 13.6. The highest BCUT2D eigenvalue weighted by Crippen LogP contribution is 2.21. The van der Waals surface area contributed by atoms with Gasteiger partial charge in [-0.3, -0.25) is 4.79 Å². The van der Waals surface area contributed by atoms with Crippen molar-refractivity contribution in [3.8, 4) is 5.75 Å². The fourth-order valence-corrected chi connectivity index (χ4v) is 3.11. The van der Waals surface area contributed by atoms with Crippen LogP contribution < -0.4 is 9.64 Å². The van der Waals surface area contributed by atoms with E-state index in [9.17, 15) is 9.18 Å². The van der Waals surface area contributed by atoms with Crippen LogP contribution >= 0.6 is 0 Å². The molecule has 1 fully saturated rings. The van der Waals surface area contributed by atoms with Crippen molar-refractivity contribution in [2.45, 2.75) is 12.8 Å². The van der Waals surface area contributed by atoms with Gasteiger partial charge in [-0.1, -0.05) is 18.2 Å². The minimum atomic E-state index is -0.236. The van der Waals surface area contributed by atoms with E-state index in [1.165, 1.54) is 6.07 Å². The average Bonchev–Trinajstić information content (AvgIpc) is 2.67. The number of benzene rings is 2. The number of piperazine rings is 1. The first kappa shape index (κ1) is 17.3. The molecule has 25 heavy (non-hydrogen) atoms. The normalized spacial score (nSPS) is 14.5. The van der Waals surface area contributed by atoms with E-state index in [0.717, 1.165) is 24.5 Å². The van der Waals surface area contributed by atoms with Gasteiger partial charge in [0.05, 0.1) is 7.11 Å². The molecule has 4 nitrogen and oxygen atoms in total. The van der Waals surface area contributed by atoms with Gasteiger partial charge < -0.3 is 14.5 Å². The highest BCUT2D eigenvalue weighted by atomic mass is 19.1. The van der Waals surface area contributed by atoms with Crippen LogP contribution in [0.3, 0.4) is 0 Å². The van der Waals surface area contributed by atoms with Gasteiger partial charge in [0, 0.05) is 38.3 Å². The number of ether oxygens (including phenoxy) is 1. The molecule has 1 aliphatic rings. The molecule has 1 amide bonds. The lowest BCUT2D eigenvalue weighted by Crippen LogP contribution is -2.48. The molecule has 1 aliphatic heterocycles. The standard InChI is InChI=1S/C20H23FN2O2/c1-25-18-9-7-17(8-10-18)22-12-14-23(15-13-22)20(24)11-6-16-4-2-3-5-19(16)21/h2-5,7-10H,6,11-15H2,1H3. The molecule has 0 N–H and O–H groups in total. The average molecular weight is 342 g/mol. The lowest BCUT2D eigenvalue weighted by Gasteiger charge is -2.36. The van der Waals surface area contributed by atoms with E-state index < -0.39 is 0 Å². The zero-order valence-electron chi connectivity index (χ0n) is 14.5. The van der Waals surface area contributed by atoms with Crippen molar-refractivity contribution in [2.75, 3.05) is 38.2 Å². The quantitative estimate of drug-likeness (QED) is 0.837. The summed E-state index contributed by atoms with van der Waals surface area (Å²) in [6.45, 7) is 3.00. The number of rotatable bonds is 5. The van der Waals surface area contributed by atoms with E-state index in [4.69, 9.17) is 4.74 Å². The maximum Gasteiger partial charge on any atom is 0.223 e. The lowest BCUT2D eigenvalue weighted by molar-refractivity contribution is -0.131. The molecule has 0 aliphatic carbocycles. The molecule has 2 aromatic carbocycles. The summed E-state index contributed by atoms with van der Waals surface area (Å²) in [5.74, 6) is 0.697. The summed E-state index contributed by atoms with van der Waals surface area (Å²) >= 11 is 0. The fraction of sp³-hybridized carbons (Fsp3) is 0.350. The number of carbonyl (C=O) groups is 1. The molecule has 0 saturated carbocycles. The summed E-state index contributed by atoms with van der Waals surface area (Å²) in [7, 11) is 1.65. The van der Waals surface area contributed by atoms with Crippen molar-refractivity contribution < 1.29 is 13.9 Å². The first-order valence-electron chi connectivity index (χ1n) is 8.57. The van der Waals surface area contributed by atoms with Gasteiger partial charge in [0.25, 0.3) is 0 Å². The Bertz CT molecular complexity index is 710. The Morgan fingerprint density at radius 3 is 2.36 bits per heavy atom. The molecular formula is C20H23FN2O2. The van der Waals surface area contributed by atoms with Crippen molar-refractivity contribution in [3.05, 3.63) is 59.9 Å². The van der Waals surface area contributed by atoms with E-state index in [-0.39, 0.29) is 11.7 Å². The molecule has 5 heteroatoms. The third-order valence-electron chi connectivity index (χ3n) is 4.64. The number of anilines is 1. The predicted octanol–water partition coefficient (Wildman–Crippen LogP) is 3.12. The molecule has 0 bridgehead atoms. The highest BCUT2D eigenvalue weighted by Gasteiger charge is 2.21. The Hall–Kier alpha value is -2.56. The van der Waals surface area contributed by atoms with Gasteiger partial charge in [-0.2, -0.15) is 0 Å². The summed E-state index contributed by atoms with van der Waals surface area (Å²) < 4.78 is 18.8. The number of amides is 1. The fourth-order valence-electron chi connectivity index (χ4n) is 3.11. The van der Waals surface area contributed by atoms with Gasteiger partial charge in [0.1, 0.15) is 11.6 Å². The van der Waals surface area contributed by atoms with Crippen LogP contribution in [-0.2, 0) is 11.2 Å². The number of hydrogen-bond donors (Lipinski definition) is 0. The SMILES string of the molecule is COc1ccc(N2CCN(C(=O)CCc3ccccc3F)CC2)cc1. The lowest BCUT2D eigenvalue weighted by atomic mass is 10.1. The third kappa shape index (κ3) is 4.29. The second kappa shape index (κ2) is 8.01. The Morgan fingerprint density at radius 2 is 1.72 bits per heavy atom. The molecule has 1 saturated heterocycles. The Balaban J connectivity index is 1.49. The van der Waals surface area contributed by atoms with Crippen molar-refractivity contribution >= 4 is 11.6 Å². The number of hydrogen-bond acceptors (Lipinski definition) is 3. The van der Waals surface area contributed by atoms with Crippen molar-refractivity contribution in [1.82, 2.24) is 4.90 Å². The molecule has 0 radical (unpaired) electrons. The zero-order chi connectivity index (χ0) is 17.6. The van der Waals surface area contributed by atoms with E-state index in [1.54, 1.807) is 25.3 Å². The topological polar surface area (TPSA) is 32.8 Å². The number of carbonyl (C=O) groups excluding carboxylic acids is 1. The summed E-state index contributed by atoms with van der Waals surface area (Å²) in [4.78, 5) is 16.5. The van der Waals surface area contributed by atoms with Gasteiger partial charge in [-0.05, 0) is 42.3 Å². The molecule has 0 spiro atoms. The molecular weight excluding hydrogens is 319 g/mol. The predicted molar refractivity (Wildman–Crippen MR) is 96.5 cm³/mol. The molecule has 2 aromatic rings. The van der Waals surface area contributed by atoms with Crippen LogP contribution in [0.2, 0.25) is 0 Å². The van der Waals surface area contributed by atoms with Gasteiger partial charge >= 0.3 is 0 Å². The number of aryl methyl sites for hydroxylation is 1. The van der Waals surface area contributed by atoms with Crippen molar-refractivity contribution in [2.24, 2.45) is 0 Å². The van der Waals surface area contributed by atoms with Gasteiger partial charge in [0.15, 0.2) is 0 Å². The van der Waals surface area contributed by atoms with Crippen molar-refractivity contribution in [1.29, 1.82) is 0 Å². The minimum absolute atomic E-state index is 0.0950. The molecule has 0 aromatic heterocycles.